The van der Waals surface area contributed by atoms with Gasteiger partial charge in [-0.25, -0.2) is 0 Å². The maximum atomic E-state index is 6.57. The smallest absolute Gasteiger partial charge is 0.143 e. The van der Waals surface area contributed by atoms with Crippen molar-refractivity contribution in [2.24, 2.45) is 0 Å². The Hall–Kier alpha value is -8.20. The van der Waals surface area contributed by atoms with Crippen LogP contribution in [0.2, 0.25) is 0 Å². The molecule has 10 aromatic carbocycles. The molecule has 3 aliphatic rings. The zero-order valence-electron chi connectivity index (χ0n) is 36.7. The number of para-hydroxylation sites is 2. The van der Waals surface area contributed by atoms with E-state index >= 15 is 0 Å². The van der Waals surface area contributed by atoms with E-state index in [0.717, 1.165) is 50.1 Å². The van der Waals surface area contributed by atoms with Crippen molar-refractivity contribution >= 4 is 39.0 Å². The van der Waals surface area contributed by atoms with E-state index in [9.17, 15) is 0 Å². The van der Waals surface area contributed by atoms with E-state index in [2.05, 4.69) is 237 Å². The molecular weight excluding hydrogens is 799 g/mol. The fourth-order valence-corrected chi connectivity index (χ4v) is 12.4. The van der Waals surface area contributed by atoms with Crippen LogP contribution in [0, 0.1) is 0 Å². The predicted molar refractivity (Wildman–Crippen MR) is 273 cm³/mol. The Morgan fingerprint density at radius 1 is 0.348 bits per heavy atom. The summed E-state index contributed by atoms with van der Waals surface area (Å²) < 4.78 is 6.57. The summed E-state index contributed by atoms with van der Waals surface area (Å²) >= 11 is 0. The molecular formula is C64H43NO. The van der Waals surface area contributed by atoms with Gasteiger partial charge in [-0.2, -0.15) is 0 Å². The second-order valence-electron chi connectivity index (χ2n) is 18.7. The zero-order valence-corrected chi connectivity index (χ0v) is 36.7. The Labute approximate surface area is 384 Å². The van der Waals surface area contributed by atoms with Crippen molar-refractivity contribution in [3.8, 4) is 55.6 Å². The van der Waals surface area contributed by atoms with Crippen molar-refractivity contribution in [2.75, 3.05) is 4.90 Å². The van der Waals surface area contributed by atoms with Gasteiger partial charge in [-0.3, -0.25) is 0 Å². The number of rotatable bonds is 5. The molecule has 0 radical (unpaired) electrons. The molecule has 1 spiro atoms. The second-order valence-corrected chi connectivity index (χ2v) is 18.7. The van der Waals surface area contributed by atoms with Crippen LogP contribution in [0.5, 0.6) is 0 Å². The Morgan fingerprint density at radius 3 is 1.59 bits per heavy atom. The van der Waals surface area contributed by atoms with Gasteiger partial charge >= 0.3 is 0 Å². The SMILES string of the molecule is CC1(C)c2ccccc2-c2c(N(c3ccc(-c4cccc5c4oc4ccccc45)cc3)c3cccc4c3-c3ccccc3C43c4ccccc4-c4ccccc43)ccc(-c3ccccc3)c21. The average molecular weight is 842 g/mol. The van der Waals surface area contributed by atoms with Crippen LogP contribution >= 0.6 is 0 Å². The van der Waals surface area contributed by atoms with Crippen molar-refractivity contribution < 1.29 is 4.42 Å². The normalized spacial score (nSPS) is 14.2. The van der Waals surface area contributed by atoms with Gasteiger partial charge in [-0.1, -0.05) is 208 Å². The minimum Gasteiger partial charge on any atom is -0.455 e. The van der Waals surface area contributed by atoms with Gasteiger partial charge in [0.25, 0.3) is 0 Å². The molecule has 0 atom stereocenters. The summed E-state index contributed by atoms with van der Waals surface area (Å²) in [6, 6.07) is 83.2. The third kappa shape index (κ3) is 4.85. The first-order valence-electron chi connectivity index (χ1n) is 23.1. The molecule has 1 heterocycles. The molecule has 11 aromatic rings. The average Bonchev–Trinajstić information content (AvgIpc) is 4.07. The van der Waals surface area contributed by atoms with E-state index in [1.165, 1.54) is 77.9 Å². The van der Waals surface area contributed by atoms with E-state index in [4.69, 9.17) is 4.42 Å². The molecule has 0 bridgehead atoms. The lowest BCUT2D eigenvalue weighted by atomic mass is 9.70. The summed E-state index contributed by atoms with van der Waals surface area (Å²) in [5, 5.41) is 2.27. The standard InChI is InChI=1S/C64H43NO/c1-63(2)51-27-11-8-23-49(51)60-57(39-38-43(61(60)63)40-18-4-3-5-19-40)65(42-36-34-41(35-37-42)44-25-16-26-48-47-22-10-15-33-58(47)66-62(44)48)56-32-17-31-55-59(56)50-24-9-14-30-54(50)64(55)52-28-12-6-20-45(52)46-21-7-13-29-53(46)64/h3-39H,1-2H3. The van der Waals surface area contributed by atoms with Crippen LogP contribution in [0.25, 0.3) is 77.6 Å². The lowest BCUT2D eigenvalue weighted by Gasteiger charge is -2.33. The fourth-order valence-electron chi connectivity index (χ4n) is 12.4. The lowest BCUT2D eigenvalue weighted by molar-refractivity contribution is 0.662. The number of benzene rings is 10. The Bertz CT molecular complexity index is 3750. The van der Waals surface area contributed by atoms with Gasteiger partial charge in [0.15, 0.2) is 0 Å². The molecule has 0 aliphatic heterocycles. The molecule has 0 fully saturated rings. The van der Waals surface area contributed by atoms with Crippen molar-refractivity contribution in [3.05, 3.63) is 258 Å². The summed E-state index contributed by atoms with van der Waals surface area (Å²) in [4.78, 5) is 2.57. The van der Waals surface area contributed by atoms with E-state index in [0.29, 0.717) is 0 Å². The highest BCUT2D eigenvalue weighted by molar-refractivity contribution is 6.10. The number of anilines is 3. The predicted octanol–water partition coefficient (Wildman–Crippen LogP) is 17.0. The van der Waals surface area contributed by atoms with Crippen molar-refractivity contribution in [3.63, 3.8) is 0 Å². The highest BCUT2D eigenvalue weighted by Crippen LogP contribution is 2.65. The fraction of sp³-hybridized carbons (Fsp3) is 0.0625. The third-order valence-electron chi connectivity index (χ3n) is 15.1. The second kappa shape index (κ2) is 13.7. The molecule has 310 valence electrons. The van der Waals surface area contributed by atoms with Crippen LogP contribution in [0.1, 0.15) is 47.2 Å². The van der Waals surface area contributed by atoms with Crippen LogP contribution in [0.3, 0.4) is 0 Å². The number of nitrogens with zero attached hydrogens (tertiary/aromatic N) is 1. The Balaban J connectivity index is 1.06. The van der Waals surface area contributed by atoms with Gasteiger partial charge < -0.3 is 9.32 Å². The largest absolute Gasteiger partial charge is 0.455 e. The molecule has 0 saturated heterocycles. The first kappa shape index (κ1) is 37.2. The lowest BCUT2D eigenvalue weighted by Crippen LogP contribution is -2.26. The van der Waals surface area contributed by atoms with Crippen LogP contribution in [0.4, 0.5) is 17.1 Å². The number of furan rings is 1. The Morgan fingerprint density at radius 2 is 0.864 bits per heavy atom. The summed E-state index contributed by atoms with van der Waals surface area (Å²) in [7, 11) is 0. The van der Waals surface area contributed by atoms with Gasteiger partial charge in [0.1, 0.15) is 11.2 Å². The molecule has 0 N–H and O–H groups in total. The van der Waals surface area contributed by atoms with Gasteiger partial charge in [-0.15, -0.1) is 0 Å². The van der Waals surface area contributed by atoms with E-state index in [1.54, 1.807) is 0 Å². The quantitative estimate of drug-likeness (QED) is 0.172. The van der Waals surface area contributed by atoms with E-state index < -0.39 is 5.41 Å². The number of hydrogen-bond acceptors (Lipinski definition) is 2. The number of fused-ring (bicyclic) bond motifs is 16. The molecule has 1 aromatic heterocycles. The maximum absolute atomic E-state index is 6.57. The maximum Gasteiger partial charge on any atom is 0.143 e. The van der Waals surface area contributed by atoms with Gasteiger partial charge in [-0.05, 0) is 103 Å². The molecule has 0 unspecified atom stereocenters. The molecule has 3 aliphatic carbocycles. The summed E-state index contributed by atoms with van der Waals surface area (Å²) in [6.45, 7) is 4.81. The van der Waals surface area contributed by atoms with E-state index in [-0.39, 0.29) is 5.41 Å². The summed E-state index contributed by atoms with van der Waals surface area (Å²) in [5.41, 5.74) is 24.9. The molecule has 0 amide bonds. The zero-order chi connectivity index (χ0) is 43.7. The molecule has 2 heteroatoms. The first-order valence-corrected chi connectivity index (χ1v) is 23.1. The van der Waals surface area contributed by atoms with Crippen LogP contribution < -0.4 is 4.90 Å². The summed E-state index contributed by atoms with van der Waals surface area (Å²) in [5.74, 6) is 0. The third-order valence-corrected chi connectivity index (χ3v) is 15.1. The summed E-state index contributed by atoms with van der Waals surface area (Å²) in [6.07, 6.45) is 0. The molecule has 14 rings (SSSR count). The Kier molecular flexibility index (Phi) is 7.70. The highest BCUT2D eigenvalue weighted by atomic mass is 16.3. The topological polar surface area (TPSA) is 16.4 Å². The minimum absolute atomic E-state index is 0.250. The van der Waals surface area contributed by atoms with Gasteiger partial charge in [0.05, 0.1) is 16.8 Å². The van der Waals surface area contributed by atoms with Crippen LogP contribution in [-0.2, 0) is 10.8 Å². The molecule has 66 heavy (non-hydrogen) atoms. The van der Waals surface area contributed by atoms with Crippen molar-refractivity contribution in [1.29, 1.82) is 0 Å². The van der Waals surface area contributed by atoms with Crippen LogP contribution in [0.15, 0.2) is 229 Å². The van der Waals surface area contributed by atoms with Gasteiger partial charge in [0, 0.05) is 38.6 Å². The number of hydrogen-bond donors (Lipinski definition) is 0. The highest BCUT2D eigenvalue weighted by Gasteiger charge is 2.52. The molecule has 0 saturated carbocycles. The monoisotopic (exact) mass is 841 g/mol. The first-order chi connectivity index (χ1) is 32.5. The van der Waals surface area contributed by atoms with Crippen LogP contribution in [-0.4, -0.2) is 0 Å². The van der Waals surface area contributed by atoms with E-state index in [1.807, 2.05) is 6.07 Å². The minimum atomic E-state index is -0.469. The van der Waals surface area contributed by atoms with Crippen molar-refractivity contribution in [2.45, 2.75) is 24.7 Å². The molecule has 2 nitrogen and oxygen atoms in total. The van der Waals surface area contributed by atoms with Crippen molar-refractivity contribution in [1.82, 2.24) is 0 Å². The van der Waals surface area contributed by atoms with Gasteiger partial charge in [0.2, 0.25) is 0 Å².